The molecule has 7 heteroatoms. The van der Waals surface area contributed by atoms with Gasteiger partial charge in [0, 0.05) is 19.5 Å². The molecule has 1 aliphatic carbocycles. The Kier molecular flexibility index (Phi) is 5.64. The molecule has 4 nitrogen and oxygen atoms in total. The van der Waals surface area contributed by atoms with Crippen LogP contribution in [0.15, 0.2) is 23.8 Å². The molecule has 0 bridgehead atoms. The molecule has 1 saturated heterocycles. The summed E-state index contributed by atoms with van der Waals surface area (Å²) in [5.41, 5.74) is 1.00. The molecular formula is C19H21F3N2O2. The topological polar surface area (TPSA) is 49.4 Å². The predicted octanol–water partition coefficient (Wildman–Crippen LogP) is 3.46. The van der Waals surface area contributed by atoms with Crippen LogP contribution in [0.3, 0.4) is 0 Å². The zero-order valence-corrected chi connectivity index (χ0v) is 14.4. The van der Waals surface area contributed by atoms with Crippen molar-refractivity contribution in [1.82, 2.24) is 5.32 Å². The van der Waals surface area contributed by atoms with E-state index in [1.54, 1.807) is 0 Å². The minimum atomic E-state index is -1.62. The Morgan fingerprint density at radius 1 is 1.19 bits per heavy atom. The minimum absolute atomic E-state index is 0.0463. The molecule has 0 aromatic heterocycles. The molecule has 2 amide bonds. The Hall–Kier alpha value is -2.31. The number of nitrogens with zero attached hydrogens (tertiary/aromatic N) is 1. The van der Waals surface area contributed by atoms with E-state index in [1.165, 1.54) is 18.4 Å². The first-order chi connectivity index (χ1) is 12.5. The van der Waals surface area contributed by atoms with Gasteiger partial charge in [-0.1, -0.05) is 11.6 Å². The van der Waals surface area contributed by atoms with Crippen LogP contribution < -0.4 is 10.2 Å². The van der Waals surface area contributed by atoms with E-state index >= 15 is 0 Å². The summed E-state index contributed by atoms with van der Waals surface area (Å²) in [6, 6.07) is 1.79. The summed E-state index contributed by atoms with van der Waals surface area (Å²) in [6.45, 7) is 0.449. The second-order valence-electron chi connectivity index (χ2n) is 6.75. The molecule has 2 aliphatic rings. The molecule has 0 saturated carbocycles. The molecule has 1 aromatic rings. The molecule has 0 radical (unpaired) electrons. The number of allylic oxidation sites excluding steroid dienone is 1. The first kappa shape index (κ1) is 18.5. The Morgan fingerprint density at radius 3 is 2.73 bits per heavy atom. The van der Waals surface area contributed by atoms with Crippen molar-refractivity contribution < 1.29 is 22.8 Å². The van der Waals surface area contributed by atoms with Gasteiger partial charge < -0.3 is 10.2 Å². The average molecular weight is 366 g/mol. The van der Waals surface area contributed by atoms with Crippen molar-refractivity contribution in [2.75, 3.05) is 18.0 Å². The van der Waals surface area contributed by atoms with Crippen molar-refractivity contribution in [2.45, 2.75) is 38.5 Å². The zero-order chi connectivity index (χ0) is 18.7. The van der Waals surface area contributed by atoms with Crippen molar-refractivity contribution in [1.29, 1.82) is 0 Å². The lowest BCUT2D eigenvalue weighted by atomic mass is 9.97. The third-order valence-electron chi connectivity index (χ3n) is 4.93. The fourth-order valence-corrected chi connectivity index (χ4v) is 3.46. The van der Waals surface area contributed by atoms with Gasteiger partial charge in [0.1, 0.15) is 0 Å². The van der Waals surface area contributed by atoms with Gasteiger partial charge in [0.25, 0.3) is 0 Å². The molecule has 1 atom stereocenters. The van der Waals surface area contributed by atoms with Crippen molar-refractivity contribution in [3.05, 3.63) is 41.2 Å². The quantitative estimate of drug-likeness (QED) is 0.641. The van der Waals surface area contributed by atoms with Crippen LogP contribution in [-0.2, 0) is 9.59 Å². The van der Waals surface area contributed by atoms with E-state index in [0.29, 0.717) is 6.54 Å². The number of rotatable bonds is 5. The maximum absolute atomic E-state index is 13.9. The highest BCUT2D eigenvalue weighted by molar-refractivity contribution is 6.00. The highest BCUT2D eigenvalue weighted by Gasteiger charge is 2.36. The number of anilines is 1. The maximum atomic E-state index is 13.9. The third kappa shape index (κ3) is 3.92. The lowest BCUT2D eigenvalue weighted by Crippen LogP contribution is -2.34. The summed E-state index contributed by atoms with van der Waals surface area (Å²) in [6.07, 6.45) is 7.43. The molecule has 0 spiro atoms. The van der Waals surface area contributed by atoms with Crippen LogP contribution in [0.25, 0.3) is 0 Å². The molecule has 140 valence electrons. The van der Waals surface area contributed by atoms with E-state index in [1.807, 2.05) is 0 Å². The van der Waals surface area contributed by atoms with Crippen LogP contribution in [0.1, 0.15) is 38.5 Å². The van der Waals surface area contributed by atoms with E-state index in [-0.39, 0.29) is 24.6 Å². The van der Waals surface area contributed by atoms with Gasteiger partial charge in [0.15, 0.2) is 17.5 Å². The van der Waals surface area contributed by atoms with Gasteiger partial charge in [0.05, 0.1) is 11.6 Å². The smallest absolute Gasteiger partial charge is 0.227 e. The SMILES string of the molecule is O=C(NCCC1=CCCCC1)C1CC(=O)N(c2ccc(F)c(F)c2F)C1. The Morgan fingerprint density at radius 2 is 2.00 bits per heavy atom. The number of nitrogens with one attached hydrogen (secondary N) is 1. The molecule has 26 heavy (non-hydrogen) atoms. The van der Waals surface area contributed by atoms with Crippen molar-refractivity contribution in [3.63, 3.8) is 0 Å². The molecule has 1 aromatic carbocycles. The van der Waals surface area contributed by atoms with Crippen LogP contribution >= 0.6 is 0 Å². The summed E-state index contributed by atoms with van der Waals surface area (Å²) >= 11 is 0. The van der Waals surface area contributed by atoms with E-state index in [2.05, 4.69) is 11.4 Å². The summed E-state index contributed by atoms with van der Waals surface area (Å²) in [4.78, 5) is 25.4. The number of hydrogen-bond donors (Lipinski definition) is 1. The largest absolute Gasteiger partial charge is 0.355 e. The molecule has 1 heterocycles. The Bertz CT molecular complexity index is 749. The molecule has 3 rings (SSSR count). The van der Waals surface area contributed by atoms with Gasteiger partial charge in [-0.3, -0.25) is 9.59 Å². The number of halogens is 3. The van der Waals surface area contributed by atoms with Gasteiger partial charge in [-0.25, -0.2) is 13.2 Å². The lowest BCUT2D eigenvalue weighted by Gasteiger charge is -2.18. The van der Waals surface area contributed by atoms with E-state index in [0.717, 1.165) is 36.3 Å². The van der Waals surface area contributed by atoms with E-state index in [4.69, 9.17) is 0 Å². The molecular weight excluding hydrogens is 345 g/mol. The molecule has 1 aliphatic heterocycles. The summed E-state index contributed by atoms with van der Waals surface area (Å²) < 4.78 is 40.4. The average Bonchev–Trinajstić information content (AvgIpc) is 3.02. The van der Waals surface area contributed by atoms with Crippen molar-refractivity contribution in [2.24, 2.45) is 5.92 Å². The lowest BCUT2D eigenvalue weighted by molar-refractivity contribution is -0.126. The van der Waals surface area contributed by atoms with E-state index in [9.17, 15) is 22.8 Å². The van der Waals surface area contributed by atoms with Crippen LogP contribution in [0.4, 0.5) is 18.9 Å². The zero-order valence-electron chi connectivity index (χ0n) is 14.4. The third-order valence-corrected chi connectivity index (χ3v) is 4.93. The van der Waals surface area contributed by atoms with Gasteiger partial charge in [0.2, 0.25) is 11.8 Å². The maximum Gasteiger partial charge on any atom is 0.227 e. The highest BCUT2D eigenvalue weighted by atomic mass is 19.2. The number of carbonyl (C=O) groups is 2. The van der Waals surface area contributed by atoms with Gasteiger partial charge >= 0.3 is 0 Å². The van der Waals surface area contributed by atoms with Crippen LogP contribution in [0, 0.1) is 23.4 Å². The summed E-state index contributed by atoms with van der Waals surface area (Å²) in [5, 5.41) is 2.81. The van der Waals surface area contributed by atoms with Crippen molar-refractivity contribution >= 4 is 17.5 Å². The second kappa shape index (κ2) is 7.93. The van der Waals surface area contributed by atoms with Gasteiger partial charge in [-0.15, -0.1) is 0 Å². The summed E-state index contributed by atoms with van der Waals surface area (Å²) in [5.74, 6) is -5.74. The molecule has 1 fully saturated rings. The number of hydrogen-bond acceptors (Lipinski definition) is 2. The standard InChI is InChI=1S/C19H21F3N2O2/c20-14-6-7-15(18(22)17(14)21)24-11-13(10-16(24)25)19(26)23-9-8-12-4-2-1-3-5-12/h4,6-7,13H,1-3,5,8-11H2,(H,23,26). The predicted molar refractivity (Wildman–Crippen MR) is 91.0 cm³/mol. The number of carbonyl (C=O) groups excluding carboxylic acids is 2. The second-order valence-corrected chi connectivity index (χ2v) is 6.75. The Balaban J connectivity index is 1.58. The number of amides is 2. The summed E-state index contributed by atoms with van der Waals surface area (Å²) in [7, 11) is 0. The van der Waals surface area contributed by atoms with E-state index < -0.39 is 29.3 Å². The van der Waals surface area contributed by atoms with Gasteiger partial charge in [-0.2, -0.15) is 0 Å². The van der Waals surface area contributed by atoms with Gasteiger partial charge in [-0.05, 0) is 44.2 Å². The first-order valence-electron chi connectivity index (χ1n) is 8.87. The first-order valence-corrected chi connectivity index (χ1v) is 8.87. The number of benzene rings is 1. The minimum Gasteiger partial charge on any atom is -0.355 e. The van der Waals surface area contributed by atoms with Crippen LogP contribution in [0.5, 0.6) is 0 Å². The van der Waals surface area contributed by atoms with Crippen LogP contribution in [-0.4, -0.2) is 24.9 Å². The normalized spacial score (nSPS) is 20.3. The highest BCUT2D eigenvalue weighted by Crippen LogP contribution is 2.29. The monoisotopic (exact) mass is 366 g/mol. The fourth-order valence-electron chi connectivity index (χ4n) is 3.46. The molecule has 1 unspecified atom stereocenters. The fraction of sp³-hybridized carbons (Fsp3) is 0.474. The molecule has 1 N–H and O–H groups in total. The van der Waals surface area contributed by atoms with Crippen LogP contribution in [0.2, 0.25) is 0 Å². The van der Waals surface area contributed by atoms with Crippen molar-refractivity contribution in [3.8, 4) is 0 Å². The Labute approximate surface area is 150 Å².